The molecule has 0 saturated carbocycles. The smallest absolute Gasteiger partial charge is 0.266 e. The summed E-state index contributed by atoms with van der Waals surface area (Å²) in [6.07, 6.45) is 43.8. The predicted molar refractivity (Wildman–Crippen MR) is 202 cm³/mol. The van der Waals surface area contributed by atoms with Crippen LogP contribution in [-0.2, 0) is 14.9 Å². The Hall–Kier alpha value is -1.44. The molecule has 2 unspecified atom stereocenters. The number of unbranched alkanes of at least 4 members (excludes halogenated alkanes) is 21. The third-order valence-corrected chi connectivity index (χ3v) is 9.64. The van der Waals surface area contributed by atoms with Gasteiger partial charge in [0.25, 0.3) is 10.1 Å². The fraction of sp³-hybridized carbons (Fsp3) is 0.825. The molecule has 0 radical (unpaired) electrons. The Bertz CT molecular complexity index is 883. The molecule has 0 aromatic carbocycles. The zero-order chi connectivity index (χ0) is 34.7. The molecule has 0 aromatic rings. The number of carbonyl (C=O) groups is 1. The number of aliphatic hydroxyl groups excluding tert-OH is 1. The first-order chi connectivity index (χ1) is 22.8. The largest absolute Gasteiger partial charge is 0.391 e. The van der Waals surface area contributed by atoms with Gasteiger partial charge in [-0.2, -0.15) is 8.42 Å². The molecule has 0 rings (SSSR count). The zero-order valence-electron chi connectivity index (χ0n) is 30.7. The molecule has 0 fully saturated rings. The molecule has 1 amide bonds. The van der Waals surface area contributed by atoms with E-state index in [1.807, 2.05) is 0 Å². The summed E-state index contributed by atoms with van der Waals surface area (Å²) in [5, 5.41) is 13.3. The number of hydrogen-bond donors (Lipinski definition) is 3. The summed E-state index contributed by atoms with van der Waals surface area (Å²) in [4.78, 5) is 12.5. The minimum atomic E-state index is -4.32. The van der Waals surface area contributed by atoms with E-state index in [0.29, 0.717) is 12.8 Å². The van der Waals surface area contributed by atoms with Gasteiger partial charge in [-0.25, -0.2) is 0 Å². The molecule has 7 heteroatoms. The molecule has 0 spiro atoms. The van der Waals surface area contributed by atoms with Gasteiger partial charge in [0.05, 0.1) is 17.9 Å². The third-order valence-electron chi connectivity index (χ3n) is 8.86. The first kappa shape index (κ1) is 45.6. The molecule has 0 aromatic heterocycles. The predicted octanol–water partition coefficient (Wildman–Crippen LogP) is 11.4. The number of nitrogens with one attached hydrogen (secondary N) is 1. The van der Waals surface area contributed by atoms with Crippen molar-refractivity contribution in [3.05, 3.63) is 36.5 Å². The van der Waals surface area contributed by atoms with Gasteiger partial charge >= 0.3 is 0 Å². The highest BCUT2D eigenvalue weighted by Crippen LogP contribution is 2.16. The summed E-state index contributed by atoms with van der Waals surface area (Å²) in [7, 11) is -4.32. The molecule has 0 aliphatic heterocycles. The fourth-order valence-corrected chi connectivity index (χ4v) is 6.70. The Morgan fingerprint density at radius 2 is 1.02 bits per heavy atom. The van der Waals surface area contributed by atoms with Gasteiger partial charge in [0.2, 0.25) is 5.91 Å². The molecule has 6 nitrogen and oxygen atoms in total. The Kier molecular flexibility index (Phi) is 33.4. The number of hydrogen-bond acceptors (Lipinski definition) is 4. The summed E-state index contributed by atoms with van der Waals surface area (Å²) in [5.74, 6) is -0.934. The van der Waals surface area contributed by atoms with Crippen LogP contribution in [0.4, 0.5) is 0 Å². The van der Waals surface area contributed by atoms with E-state index in [0.717, 1.165) is 57.8 Å². The quantitative estimate of drug-likeness (QED) is 0.0351. The van der Waals surface area contributed by atoms with Gasteiger partial charge in [0.1, 0.15) is 0 Å². The van der Waals surface area contributed by atoms with Crippen molar-refractivity contribution in [3.8, 4) is 0 Å². The summed E-state index contributed by atoms with van der Waals surface area (Å²) < 4.78 is 32.5. The normalized spacial score (nSPS) is 13.7. The SMILES string of the molecule is CC/C=C\C/C=C\C/C=C\CCCCCC(=O)NC(CS(=O)(=O)O)C(O)CCCCCCCCCCCCCCCCCCCCC. The Morgan fingerprint density at radius 3 is 1.49 bits per heavy atom. The molecule has 0 heterocycles. The van der Waals surface area contributed by atoms with E-state index in [2.05, 4.69) is 55.6 Å². The van der Waals surface area contributed by atoms with Crippen molar-refractivity contribution in [2.24, 2.45) is 0 Å². The fourth-order valence-electron chi connectivity index (χ4n) is 5.94. The Balaban J connectivity index is 3.89. The van der Waals surface area contributed by atoms with E-state index in [4.69, 9.17) is 0 Å². The van der Waals surface area contributed by atoms with E-state index in [1.165, 1.54) is 103 Å². The lowest BCUT2D eigenvalue weighted by Gasteiger charge is -2.23. The lowest BCUT2D eigenvalue weighted by Crippen LogP contribution is -2.47. The number of allylic oxidation sites excluding steroid dienone is 6. The maximum atomic E-state index is 12.5. The van der Waals surface area contributed by atoms with Crippen molar-refractivity contribution in [2.45, 2.75) is 206 Å². The van der Waals surface area contributed by atoms with E-state index >= 15 is 0 Å². The lowest BCUT2D eigenvalue weighted by atomic mass is 10.0. The van der Waals surface area contributed by atoms with Crippen LogP contribution in [-0.4, -0.2) is 41.9 Å². The summed E-state index contributed by atoms with van der Waals surface area (Å²) in [5.41, 5.74) is 0. The zero-order valence-corrected chi connectivity index (χ0v) is 31.5. The van der Waals surface area contributed by atoms with Gasteiger partial charge in [-0.1, -0.05) is 179 Å². The van der Waals surface area contributed by atoms with Crippen LogP contribution in [0, 0.1) is 0 Å². The van der Waals surface area contributed by atoms with E-state index in [-0.39, 0.29) is 12.3 Å². The summed E-state index contributed by atoms with van der Waals surface area (Å²) in [6, 6.07) is -0.985. The Labute approximate surface area is 291 Å². The maximum absolute atomic E-state index is 12.5. The van der Waals surface area contributed by atoms with Crippen molar-refractivity contribution < 1.29 is 22.9 Å². The molecular formula is C40H75NO5S. The van der Waals surface area contributed by atoms with Crippen LogP contribution in [0.1, 0.15) is 194 Å². The second-order valence-corrected chi connectivity index (χ2v) is 15.0. The van der Waals surface area contributed by atoms with Crippen LogP contribution in [0.3, 0.4) is 0 Å². The average molecular weight is 682 g/mol. The third kappa shape index (κ3) is 35.7. The van der Waals surface area contributed by atoms with Crippen molar-refractivity contribution in [2.75, 3.05) is 5.75 Å². The molecular weight excluding hydrogens is 607 g/mol. The number of rotatable bonds is 35. The molecule has 3 N–H and O–H groups in total. The summed E-state index contributed by atoms with van der Waals surface area (Å²) in [6.45, 7) is 4.40. The van der Waals surface area contributed by atoms with Gasteiger partial charge in [-0.15, -0.1) is 0 Å². The topological polar surface area (TPSA) is 104 Å². The Morgan fingerprint density at radius 1 is 0.596 bits per heavy atom. The minimum Gasteiger partial charge on any atom is -0.391 e. The van der Waals surface area contributed by atoms with Crippen LogP contribution in [0.25, 0.3) is 0 Å². The maximum Gasteiger partial charge on any atom is 0.266 e. The van der Waals surface area contributed by atoms with Crippen LogP contribution in [0.15, 0.2) is 36.5 Å². The minimum absolute atomic E-state index is 0.274. The molecule has 276 valence electrons. The second-order valence-electron chi connectivity index (χ2n) is 13.5. The number of aliphatic hydroxyl groups is 1. The molecule has 2 atom stereocenters. The van der Waals surface area contributed by atoms with Crippen LogP contribution in [0.2, 0.25) is 0 Å². The van der Waals surface area contributed by atoms with Gasteiger partial charge in [-0.3, -0.25) is 9.35 Å². The highest BCUT2D eigenvalue weighted by Gasteiger charge is 2.26. The van der Waals surface area contributed by atoms with E-state index in [1.54, 1.807) is 0 Å². The first-order valence-corrected chi connectivity index (χ1v) is 21.3. The van der Waals surface area contributed by atoms with Gasteiger partial charge in [0.15, 0.2) is 0 Å². The molecule has 0 aliphatic carbocycles. The highest BCUT2D eigenvalue weighted by atomic mass is 32.2. The lowest BCUT2D eigenvalue weighted by molar-refractivity contribution is -0.122. The van der Waals surface area contributed by atoms with Crippen LogP contribution >= 0.6 is 0 Å². The standard InChI is InChI=1S/C40H75NO5S/c1-3-5-7-9-11-13-15-17-18-19-20-21-22-24-25-27-29-31-33-35-39(42)38(37-47(44,45)46)41-40(43)36-34-32-30-28-26-23-16-14-12-10-8-6-4-2/h6,8,12,14,23,26,38-39,42H,3-5,7,9-11,13,15-22,24-25,27-37H2,1-2H3,(H,41,43)(H,44,45,46)/b8-6-,14-12-,26-23-. The molecule has 0 bridgehead atoms. The van der Waals surface area contributed by atoms with Gasteiger partial charge in [-0.05, 0) is 44.9 Å². The molecule has 0 saturated heterocycles. The molecule has 0 aliphatic rings. The molecule has 47 heavy (non-hydrogen) atoms. The van der Waals surface area contributed by atoms with E-state index in [9.17, 15) is 22.9 Å². The monoisotopic (exact) mass is 682 g/mol. The second kappa shape index (κ2) is 34.4. The van der Waals surface area contributed by atoms with Crippen LogP contribution < -0.4 is 5.32 Å². The number of carbonyl (C=O) groups excluding carboxylic acids is 1. The van der Waals surface area contributed by atoms with Crippen molar-refractivity contribution in [3.63, 3.8) is 0 Å². The van der Waals surface area contributed by atoms with Crippen molar-refractivity contribution >= 4 is 16.0 Å². The summed E-state index contributed by atoms with van der Waals surface area (Å²) >= 11 is 0. The van der Waals surface area contributed by atoms with Gasteiger partial charge < -0.3 is 10.4 Å². The van der Waals surface area contributed by atoms with Crippen molar-refractivity contribution in [1.29, 1.82) is 0 Å². The van der Waals surface area contributed by atoms with Crippen LogP contribution in [0.5, 0.6) is 0 Å². The average Bonchev–Trinajstić information content (AvgIpc) is 3.03. The number of amides is 1. The highest BCUT2D eigenvalue weighted by molar-refractivity contribution is 7.85. The first-order valence-electron chi connectivity index (χ1n) is 19.7. The van der Waals surface area contributed by atoms with E-state index < -0.39 is 28.0 Å². The van der Waals surface area contributed by atoms with Gasteiger partial charge in [0, 0.05) is 6.42 Å². The van der Waals surface area contributed by atoms with Crippen molar-refractivity contribution in [1.82, 2.24) is 5.32 Å².